The number of rotatable bonds is 5. The Morgan fingerprint density at radius 1 is 1.35 bits per heavy atom. The van der Waals surface area contributed by atoms with E-state index in [-0.39, 0.29) is 17.8 Å². The Morgan fingerprint density at radius 2 is 2.10 bits per heavy atom. The third-order valence-corrected chi connectivity index (χ3v) is 4.41. The number of benzene rings is 1. The van der Waals surface area contributed by atoms with Crippen LogP contribution >= 0.6 is 11.8 Å². The van der Waals surface area contributed by atoms with Crippen LogP contribution in [0, 0.1) is 0 Å². The van der Waals surface area contributed by atoms with Crippen molar-refractivity contribution in [1.82, 2.24) is 0 Å². The minimum Gasteiger partial charge on any atom is -0.489 e. The third-order valence-electron chi connectivity index (χ3n) is 3.63. The Kier molecular flexibility index (Phi) is 5.31. The fraction of sp³-hybridized carbons (Fsp3) is 0.533. The minimum atomic E-state index is -0.941. The van der Waals surface area contributed by atoms with Crippen LogP contribution in [0.5, 0.6) is 5.75 Å². The molecule has 1 N–H and O–H groups in total. The summed E-state index contributed by atoms with van der Waals surface area (Å²) < 4.78 is 11.3. The molecule has 2 unspecified atom stereocenters. The molecule has 1 aromatic carbocycles. The molecule has 0 aromatic heterocycles. The smallest absolute Gasteiger partial charge is 0.340 e. The van der Waals surface area contributed by atoms with Crippen molar-refractivity contribution in [2.75, 3.05) is 13.4 Å². The van der Waals surface area contributed by atoms with Gasteiger partial charge in [0.1, 0.15) is 17.4 Å². The summed E-state index contributed by atoms with van der Waals surface area (Å²) in [6.07, 6.45) is 5.98. The van der Waals surface area contributed by atoms with E-state index >= 15 is 0 Å². The Labute approximate surface area is 123 Å². The van der Waals surface area contributed by atoms with E-state index in [4.69, 9.17) is 9.47 Å². The SMILES string of the molecule is COC1CCCC(Oc2cccc(SC)c2C(=O)O)C1. The van der Waals surface area contributed by atoms with Crippen molar-refractivity contribution in [2.24, 2.45) is 0 Å². The fourth-order valence-corrected chi connectivity index (χ4v) is 3.20. The van der Waals surface area contributed by atoms with E-state index in [1.54, 1.807) is 19.2 Å². The molecule has 4 nitrogen and oxygen atoms in total. The number of methoxy groups -OCH3 is 1. The maximum absolute atomic E-state index is 11.4. The van der Waals surface area contributed by atoms with Gasteiger partial charge in [-0.1, -0.05) is 6.07 Å². The monoisotopic (exact) mass is 296 g/mol. The molecule has 20 heavy (non-hydrogen) atoms. The maximum Gasteiger partial charge on any atom is 0.340 e. The van der Waals surface area contributed by atoms with E-state index < -0.39 is 5.97 Å². The van der Waals surface area contributed by atoms with Crippen molar-refractivity contribution in [3.05, 3.63) is 23.8 Å². The summed E-state index contributed by atoms with van der Waals surface area (Å²) in [4.78, 5) is 12.2. The molecule has 0 amide bonds. The zero-order valence-corrected chi connectivity index (χ0v) is 12.6. The Morgan fingerprint density at radius 3 is 2.75 bits per heavy atom. The molecule has 0 spiro atoms. The van der Waals surface area contributed by atoms with Crippen molar-refractivity contribution in [3.8, 4) is 5.75 Å². The standard InChI is InChI=1S/C15H20O4S/c1-18-10-5-3-6-11(9-10)19-12-7-4-8-13(20-2)14(12)15(16)17/h4,7-8,10-11H,3,5-6,9H2,1-2H3,(H,16,17). The van der Waals surface area contributed by atoms with Gasteiger partial charge in [0, 0.05) is 18.4 Å². The summed E-state index contributed by atoms with van der Waals surface area (Å²) in [6.45, 7) is 0. The van der Waals surface area contributed by atoms with Gasteiger partial charge >= 0.3 is 5.97 Å². The van der Waals surface area contributed by atoms with Crippen LogP contribution < -0.4 is 4.74 Å². The second kappa shape index (κ2) is 6.99. The predicted molar refractivity (Wildman–Crippen MR) is 78.9 cm³/mol. The van der Waals surface area contributed by atoms with Crippen LogP contribution in [0.25, 0.3) is 0 Å². The van der Waals surface area contributed by atoms with Gasteiger partial charge in [-0.05, 0) is 37.7 Å². The van der Waals surface area contributed by atoms with Gasteiger partial charge in [-0.2, -0.15) is 0 Å². The zero-order chi connectivity index (χ0) is 14.5. The molecule has 2 rings (SSSR count). The van der Waals surface area contributed by atoms with Gasteiger partial charge in [0.25, 0.3) is 0 Å². The van der Waals surface area contributed by atoms with Crippen LogP contribution in [0.2, 0.25) is 0 Å². The number of carbonyl (C=O) groups is 1. The zero-order valence-electron chi connectivity index (χ0n) is 11.8. The molecule has 1 aliphatic carbocycles. The predicted octanol–water partition coefficient (Wildman–Crippen LogP) is 3.44. The normalized spacial score (nSPS) is 22.5. The van der Waals surface area contributed by atoms with E-state index in [2.05, 4.69) is 0 Å². The van der Waals surface area contributed by atoms with Gasteiger partial charge in [0.05, 0.1) is 6.10 Å². The molecular weight excluding hydrogens is 276 g/mol. The van der Waals surface area contributed by atoms with Crippen molar-refractivity contribution in [3.63, 3.8) is 0 Å². The van der Waals surface area contributed by atoms with Crippen molar-refractivity contribution in [2.45, 2.75) is 42.8 Å². The van der Waals surface area contributed by atoms with Gasteiger partial charge in [-0.15, -0.1) is 11.8 Å². The van der Waals surface area contributed by atoms with Gasteiger partial charge in [-0.3, -0.25) is 0 Å². The Balaban J connectivity index is 2.18. The first kappa shape index (κ1) is 15.2. The average Bonchev–Trinajstić information content (AvgIpc) is 2.46. The molecular formula is C15H20O4S. The third kappa shape index (κ3) is 3.46. The number of hydrogen-bond donors (Lipinski definition) is 1. The lowest BCUT2D eigenvalue weighted by Gasteiger charge is -2.29. The fourth-order valence-electron chi connectivity index (χ4n) is 2.59. The average molecular weight is 296 g/mol. The lowest BCUT2D eigenvalue weighted by molar-refractivity contribution is 0.0203. The van der Waals surface area contributed by atoms with Crippen LogP contribution in [0.15, 0.2) is 23.1 Å². The van der Waals surface area contributed by atoms with Crippen LogP contribution in [-0.2, 0) is 4.74 Å². The molecule has 0 bridgehead atoms. The molecule has 0 heterocycles. The summed E-state index contributed by atoms with van der Waals surface area (Å²) in [5.74, 6) is -0.477. The number of thioether (sulfide) groups is 1. The van der Waals surface area contributed by atoms with Crippen LogP contribution in [-0.4, -0.2) is 36.6 Å². The lowest BCUT2D eigenvalue weighted by atomic mass is 9.95. The van der Waals surface area contributed by atoms with E-state index in [1.807, 2.05) is 12.3 Å². The van der Waals surface area contributed by atoms with E-state index in [1.165, 1.54) is 11.8 Å². The summed E-state index contributed by atoms with van der Waals surface area (Å²) in [7, 11) is 1.71. The topological polar surface area (TPSA) is 55.8 Å². The second-order valence-corrected chi connectivity index (χ2v) is 5.75. The highest BCUT2D eigenvalue weighted by Crippen LogP contribution is 2.32. The maximum atomic E-state index is 11.4. The van der Waals surface area contributed by atoms with Crippen LogP contribution in [0.1, 0.15) is 36.0 Å². The van der Waals surface area contributed by atoms with E-state index in [0.29, 0.717) is 5.75 Å². The van der Waals surface area contributed by atoms with Crippen molar-refractivity contribution in [1.29, 1.82) is 0 Å². The minimum absolute atomic E-state index is 0.0314. The molecule has 1 aromatic rings. The summed E-state index contributed by atoms with van der Waals surface area (Å²) in [5.41, 5.74) is 0.263. The molecule has 1 fully saturated rings. The highest BCUT2D eigenvalue weighted by Gasteiger charge is 2.25. The molecule has 0 saturated heterocycles. The van der Waals surface area contributed by atoms with Gasteiger partial charge in [0.15, 0.2) is 0 Å². The van der Waals surface area contributed by atoms with E-state index in [9.17, 15) is 9.90 Å². The number of carboxylic acids is 1. The van der Waals surface area contributed by atoms with Crippen LogP contribution in [0.4, 0.5) is 0 Å². The number of carboxylic acid groups (broad SMARTS) is 1. The molecule has 5 heteroatoms. The highest BCUT2D eigenvalue weighted by atomic mass is 32.2. The van der Waals surface area contributed by atoms with Crippen molar-refractivity contribution < 1.29 is 19.4 Å². The Bertz CT molecular complexity index is 475. The largest absolute Gasteiger partial charge is 0.489 e. The summed E-state index contributed by atoms with van der Waals surface area (Å²) in [5, 5.41) is 9.39. The van der Waals surface area contributed by atoms with Gasteiger partial charge in [-0.25, -0.2) is 4.79 Å². The summed E-state index contributed by atoms with van der Waals surface area (Å²) in [6, 6.07) is 5.38. The molecule has 1 saturated carbocycles. The van der Waals surface area contributed by atoms with Gasteiger partial charge in [0.2, 0.25) is 0 Å². The number of aromatic carboxylic acids is 1. The highest BCUT2D eigenvalue weighted by molar-refractivity contribution is 7.98. The first-order chi connectivity index (χ1) is 9.65. The number of hydrogen-bond acceptors (Lipinski definition) is 4. The molecule has 0 radical (unpaired) electrons. The van der Waals surface area contributed by atoms with Crippen molar-refractivity contribution >= 4 is 17.7 Å². The quantitative estimate of drug-likeness (QED) is 0.843. The lowest BCUT2D eigenvalue weighted by Crippen LogP contribution is -2.30. The molecule has 110 valence electrons. The first-order valence-corrected chi connectivity index (χ1v) is 7.98. The van der Waals surface area contributed by atoms with Crippen LogP contribution in [0.3, 0.4) is 0 Å². The first-order valence-electron chi connectivity index (χ1n) is 6.75. The molecule has 1 aliphatic rings. The van der Waals surface area contributed by atoms with Gasteiger partial charge < -0.3 is 14.6 Å². The molecule has 2 atom stereocenters. The van der Waals surface area contributed by atoms with E-state index in [0.717, 1.165) is 30.6 Å². The Hall–Kier alpha value is -1.20. The molecule has 0 aliphatic heterocycles. The summed E-state index contributed by atoms with van der Waals surface area (Å²) >= 11 is 1.42. The second-order valence-electron chi connectivity index (χ2n) is 4.90. The number of ether oxygens (including phenoxy) is 2.